The number of fused-ring (bicyclic) bond motifs is 4. The monoisotopic (exact) mass is 783 g/mol. The summed E-state index contributed by atoms with van der Waals surface area (Å²) in [6.07, 6.45) is 3.14. The number of aryl methyl sites for hydroxylation is 4. The van der Waals surface area contributed by atoms with E-state index in [0.717, 1.165) is 55.5 Å². The predicted octanol–water partition coefficient (Wildman–Crippen LogP) is 9.74. The van der Waals surface area contributed by atoms with Gasteiger partial charge in [0.25, 0.3) is 0 Å². The van der Waals surface area contributed by atoms with Gasteiger partial charge in [-0.25, -0.2) is 14.1 Å². The van der Waals surface area contributed by atoms with Crippen LogP contribution < -0.4 is 4.90 Å². The summed E-state index contributed by atoms with van der Waals surface area (Å²) < 4.78 is 53.8. The molecule has 0 aliphatic heterocycles. The van der Waals surface area contributed by atoms with Crippen LogP contribution >= 0.6 is 0 Å². The molecule has 228 valence electrons. The minimum absolute atomic E-state index is 0. The number of imidazole rings is 1. The van der Waals surface area contributed by atoms with Crippen LogP contribution in [-0.2, 0) is 28.0 Å². The molecule has 0 aliphatic rings. The van der Waals surface area contributed by atoms with Crippen LogP contribution in [0.25, 0.3) is 44.3 Å². The van der Waals surface area contributed by atoms with Gasteiger partial charge < -0.3 is 9.47 Å². The van der Waals surface area contributed by atoms with Gasteiger partial charge in [0.1, 0.15) is 5.82 Å². The molecule has 8 aromatic rings. The second kappa shape index (κ2) is 11.7. The molecule has 0 fully saturated rings. The van der Waals surface area contributed by atoms with E-state index in [0.29, 0.717) is 17.0 Å². The van der Waals surface area contributed by atoms with Gasteiger partial charge in [0.2, 0.25) is 0 Å². The van der Waals surface area contributed by atoms with Crippen LogP contribution in [0, 0.1) is 32.8 Å². The van der Waals surface area contributed by atoms with Gasteiger partial charge in [0.15, 0.2) is 17.4 Å². The van der Waals surface area contributed by atoms with Crippen LogP contribution in [0.5, 0.6) is 0 Å². The molecule has 0 spiro atoms. The maximum absolute atomic E-state index is 8.17. The molecule has 0 N–H and O–H groups in total. The molecule has 5 nitrogen and oxygen atoms in total. The molecule has 0 radical (unpaired) electrons. The zero-order valence-corrected chi connectivity index (χ0v) is 27.4. The van der Waals surface area contributed by atoms with E-state index in [4.69, 9.17) is 8.22 Å². The van der Waals surface area contributed by atoms with Crippen LogP contribution in [0.15, 0.2) is 122 Å². The minimum Gasteiger partial charge on any atom is -0.357 e. The maximum Gasteiger partial charge on any atom is 0.188 e. The third-order valence-corrected chi connectivity index (χ3v) is 8.34. The number of nitrogens with zero attached hydrogens (tertiary/aromatic N) is 5. The largest absolute Gasteiger partial charge is 0.357 e. The fraction of sp³-hybridized carbons (Fsp3) is 0.100. The van der Waals surface area contributed by atoms with Crippen molar-refractivity contribution in [2.45, 2.75) is 20.7 Å². The summed E-state index contributed by atoms with van der Waals surface area (Å²) in [6.45, 7) is -0.526. The van der Waals surface area contributed by atoms with Crippen molar-refractivity contribution < 1.29 is 29.3 Å². The Morgan fingerprint density at radius 2 is 1.48 bits per heavy atom. The van der Waals surface area contributed by atoms with Gasteiger partial charge in [0, 0.05) is 71.5 Å². The molecule has 3 heterocycles. The van der Waals surface area contributed by atoms with Gasteiger partial charge in [-0.3, -0.25) is 0 Å². The fourth-order valence-electron chi connectivity index (χ4n) is 6.34. The molecule has 0 atom stereocenters. The zero-order chi connectivity index (χ0) is 35.7. The smallest absolute Gasteiger partial charge is 0.188 e. The number of hydrogen-bond donors (Lipinski definition) is 0. The Labute approximate surface area is 291 Å². The SMILES string of the molecule is [2H]C([2H])([2H])c1ccnc(-n2c3[c-]c(N(c4[c-]c(-n5[cH+]n(C([2H])([2H])[2H])c6ccccc65)ccc4)c4c(C)cccc4C)ccc3c3ccccc32)c1.[Pt]. The van der Waals surface area contributed by atoms with Gasteiger partial charge >= 0.3 is 0 Å². The second-order valence-corrected chi connectivity index (χ2v) is 11.2. The van der Waals surface area contributed by atoms with Crippen molar-refractivity contribution in [3.05, 3.63) is 151 Å². The Balaban J connectivity index is 0.00000420. The second-order valence-electron chi connectivity index (χ2n) is 11.2. The van der Waals surface area contributed by atoms with Gasteiger partial charge in [-0.1, -0.05) is 59.4 Å². The topological polar surface area (TPSA) is 30.9 Å². The van der Waals surface area contributed by atoms with Crippen LogP contribution in [0.1, 0.15) is 24.9 Å². The molecule has 0 saturated heterocycles. The van der Waals surface area contributed by atoms with Gasteiger partial charge in [-0.05, 0) is 73.1 Å². The first kappa shape index (κ1) is 23.4. The molecule has 8 rings (SSSR count). The molecular weight excluding hydrogens is 746 g/mol. The molecule has 3 aromatic heterocycles. The number of para-hydroxylation sites is 4. The normalized spacial score (nSPS) is 13.8. The average molecular weight is 784 g/mol. The van der Waals surface area contributed by atoms with Crippen LogP contribution in [0.2, 0.25) is 0 Å². The van der Waals surface area contributed by atoms with E-state index < -0.39 is 13.8 Å². The first-order chi connectivity index (χ1) is 24.4. The van der Waals surface area contributed by atoms with E-state index in [1.807, 2.05) is 81.9 Å². The van der Waals surface area contributed by atoms with Crippen molar-refractivity contribution in [2.24, 2.45) is 6.98 Å². The van der Waals surface area contributed by atoms with E-state index in [9.17, 15) is 0 Å². The van der Waals surface area contributed by atoms with Gasteiger partial charge in [0.05, 0.1) is 0 Å². The summed E-state index contributed by atoms with van der Waals surface area (Å²) in [5.41, 5.74) is 8.33. The Morgan fingerprint density at radius 1 is 0.739 bits per heavy atom. The molecule has 46 heavy (non-hydrogen) atoms. The standard InChI is InChI=1S/C40H32N5.Pt/c1-27-21-22-41-39(23-27)45-35-16-6-5-15-33(35)34-20-19-32(25-38(34)45)44(40-28(2)11-9-12-29(40)3)31-14-10-13-30(24-31)43-26-42(4)36-17-7-8-18-37(36)43;/h5-23,26H,1-4H3;/q-1;/i1D3,4D3;. The van der Waals surface area contributed by atoms with Crippen molar-refractivity contribution >= 4 is 49.9 Å². The molecular formula is C40H32N5Pt-. The number of benzene rings is 5. The molecule has 0 unspecified atom stereocenters. The number of rotatable bonds is 5. The molecule has 0 amide bonds. The molecule has 0 bridgehead atoms. The maximum atomic E-state index is 8.17. The van der Waals surface area contributed by atoms with Crippen LogP contribution in [-0.4, -0.2) is 18.7 Å². The third kappa shape index (κ3) is 4.83. The van der Waals surface area contributed by atoms with Crippen molar-refractivity contribution in [2.75, 3.05) is 4.90 Å². The molecule has 0 saturated carbocycles. The van der Waals surface area contributed by atoms with Crippen LogP contribution in [0.4, 0.5) is 17.1 Å². The van der Waals surface area contributed by atoms with E-state index in [1.165, 1.54) is 16.8 Å². The summed E-state index contributed by atoms with van der Waals surface area (Å²) in [7, 11) is 0. The Morgan fingerprint density at radius 3 is 2.28 bits per heavy atom. The number of pyridine rings is 1. The number of hydrogen-bond acceptors (Lipinski definition) is 2. The summed E-state index contributed by atoms with van der Waals surface area (Å²) in [5.74, 6) is 0.484. The van der Waals surface area contributed by atoms with Crippen molar-refractivity contribution in [3.63, 3.8) is 0 Å². The fourth-order valence-corrected chi connectivity index (χ4v) is 6.34. The zero-order valence-electron chi connectivity index (χ0n) is 31.1. The van der Waals surface area contributed by atoms with E-state index in [-0.39, 0.29) is 26.6 Å². The Bertz CT molecular complexity index is 2600. The third-order valence-electron chi connectivity index (χ3n) is 8.34. The Hall–Kier alpha value is -4.99. The Kier molecular flexibility index (Phi) is 5.96. The summed E-state index contributed by atoms with van der Waals surface area (Å²) >= 11 is 0. The predicted molar refractivity (Wildman–Crippen MR) is 185 cm³/mol. The van der Waals surface area contributed by atoms with Crippen LogP contribution in [0.3, 0.4) is 0 Å². The number of aromatic nitrogens is 4. The van der Waals surface area contributed by atoms with E-state index in [1.54, 1.807) is 18.5 Å². The summed E-state index contributed by atoms with van der Waals surface area (Å²) in [5, 5.41) is 1.94. The molecule has 6 heteroatoms. The minimum atomic E-state index is -2.37. The van der Waals surface area contributed by atoms with Crippen molar-refractivity contribution in [3.8, 4) is 11.5 Å². The molecule has 0 aliphatic carbocycles. The summed E-state index contributed by atoms with van der Waals surface area (Å²) in [4.78, 5) is 6.75. The first-order valence-corrected chi connectivity index (χ1v) is 14.7. The summed E-state index contributed by atoms with van der Waals surface area (Å²) in [6, 6.07) is 42.0. The first-order valence-electron chi connectivity index (χ1n) is 17.7. The van der Waals surface area contributed by atoms with Gasteiger partial charge in [-0.2, -0.15) is 12.1 Å². The van der Waals surface area contributed by atoms with Crippen molar-refractivity contribution in [1.82, 2.24) is 18.7 Å². The molecule has 5 aromatic carbocycles. The van der Waals surface area contributed by atoms with E-state index >= 15 is 0 Å². The number of anilines is 3. The van der Waals surface area contributed by atoms with Crippen molar-refractivity contribution in [1.29, 1.82) is 0 Å². The average Bonchev–Trinajstić information content (AvgIpc) is 3.66. The quantitative estimate of drug-likeness (QED) is 0.163. The van der Waals surface area contributed by atoms with Gasteiger partial charge in [-0.15, -0.1) is 29.7 Å². The van der Waals surface area contributed by atoms with E-state index in [2.05, 4.69) is 54.1 Å².